The maximum atomic E-state index is 13.1. The average Bonchev–Trinajstić information content (AvgIpc) is 2.15. The molecular weight excluding hydrogens is 185 g/mol. The van der Waals surface area contributed by atoms with Crippen LogP contribution in [0.2, 0.25) is 0 Å². The van der Waals surface area contributed by atoms with Gasteiger partial charge in [0.05, 0.1) is 18.9 Å². The molecular formula is C10H12FNO2. The minimum Gasteiger partial charge on any atom is -0.494 e. The summed E-state index contributed by atoms with van der Waals surface area (Å²) in [6.45, 7) is 0.481. The van der Waals surface area contributed by atoms with E-state index < -0.39 is 6.10 Å². The lowest BCUT2D eigenvalue weighted by Gasteiger charge is -2.24. The molecule has 0 saturated heterocycles. The quantitative estimate of drug-likeness (QED) is 0.710. The van der Waals surface area contributed by atoms with Crippen molar-refractivity contribution in [3.63, 3.8) is 0 Å². The Morgan fingerprint density at radius 1 is 1.57 bits per heavy atom. The molecule has 1 aliphatic heterocycles. The van der Waals surface area contributed by atoms with E-state index in [0.29, 0.717) is 18.7 Å². The number of anilines is 1. The lowest BCUT2D eigenvalue weighted by Crippen LogP contribution is -2.27. The van der Waals surface area contributed by atoms with Crippen LogP contribution in [0.5, 0.6) is 5.75 Å². The maximum Gasteiger partial charge on any atom is 0.145 e. The van der Waals surface area contributed by atoms with Gasteiger partial charge in [-0.2, -0.15) is 0 Å². The second-order valence-corrected chi connectivity index (χ2v) is 3.38. The first kappa shape index (κ1) is 9.27. The summed E-state index contributed by atoms with van der Waals surface area (Å²) in [5.74, 6) is 0.156. The van der Waals surface area contributed by atoms with Gasteiger partial charge in [-0.25, -0.2) is 4.39 Å². The summed E-state index contributed by atoms with van der Waals surface area (Å²) in [7, 11) is 1.50. The Labute approximate surface area is 81.5 Å². The predicted octanol–water partition coefficient (Wildman–Crippen LogP) is 1.16. The number of hydrogen-bond acceptors (Lipinski definition) is 3. The van der Waals surface area contributed by atoms with Crippen LogP contribution >= 0.6 is 0 Å². The number of hydrogen-bond donors (Lipinski definition) is 2. The molecule has 2 N–H and O–H groups in total. The molecule has 4 heteroatoms. The normalized spacial score (nSPS) is 19.8. The molecule has 1 aromatic carbocycles. The molecule has 0 aliphatic carbocycles. The number of benzene rings is 1. The minimum absolute atomic E-state index is 0.337. The molecule has 14 heavy (non-hydrogen) atoms. The van der Waals surface area contributed by atoms with Crippen molar-refractivity contribution in [2.24, 2.45) is 0 Å². The van der Waals surface area contributed by atoms with Crippen molar-refractivity contribution in [3.8, 4) is 5.75 Å². The first-order chi connectivity index (χ1) is 6.70. The highest BCUT2D eigenvalue weighted by molar-refractivity contribution is 5.64. The molecule has 1 atom stereocenters. The lowest BCUT2D eigenvalue weighted by atomic mass is 10.0. The van der Waals surface area contributed by atoms with Crippen molar-refractivity contribution in [2.75, 3.05) is 19.0 Å². The number of rotatable bonds is 1. The molecule has 1 unspecified atom stereocenters. The first-order valence-electron chi connectivity index (χ1n) is 4.49. The zero-order valence-electron chi connectivity index (χ0n) is 7.88. The summed E-state index contributed by atoms with van der Waals surface area (Å²) in [6.07, 6.45) is 0.0187. The van der Waals surface area contributed by atoms with Crippen molar-refractivity contribution >= 4 is 5.69 Å². The van der Waals surface area contributed by atoms with Gasteiger partial charge in [-0.3, -0.25) is 0 Å². The van der Waals surface area contributed by atoms with Crippen LogP contribution in [-0.4, -0.2) is 24.9 Å². The van der Waals surface area contributed by atoms with E-state index in [0.717, 1.165) is 11.3 Å². The molecule has 0 spiro atoms. The highest BCUT2D eigenvalue weighted by atomic mass is 19.1. The SMILES string of the molecule is COc1cc(F)cc2c1NCC(O)C2. The Balaban J connectivity index is 2.46. The molecule has 0 amide bonds. The van der Waals surface area contributed by atoms with Crippen molar-refractivity contribution in [1.82, 2.24) is 0 Å². The van der Waals surface area contributed by atoms with E-state index in [9.17, 15) is 9.50 Å². The predicted molar refractivity (Wildman–Crippen MR) is 51.2 cm³/mol. The van der Waals surface area contributed by atoms with Gasteiger partial charge in [0, 0.05) is 19.0 Å². The van der Waals surface area contributed by atoms with Gasteiger partial charge in [-0.15, -0.1) is 0 Å². The Hall–Kier alpha value is -1.29. The number of aliphatic hydroxyl groups is 1. The Morgan fingerprint density at radius 2 is 2.36 bits per heavy atom. The third-order valence-corrected chi connectivity index (χ3v) is 2.34. The average molecular weight is 197 g/mol. The minimum atomic E-state index is -0.450. The summed E-state index contributed by atoms with van der Waals surface area (Å²) in [6, 6.07) is 2.76. The van der Waals surface area contributed by atoms with Crippen LogP contribution in [-0.2, 0) is 6.42 Å². The monoisotopic (exact) mass is 197 g/mol. The van der Waals surface area contributed by atoms with Gasteiger partial charge in [0.25, 0.3) is 0 Å². The van der Waals surface area contributed by atoms with E-state index in [4.69, 9.17) is 4.74 Å². The fourth-order valence-electron chi connectivity index (χ4n) is 1.70. The number of methoxy groups -OCH3 is 1. The number of nitrogens with one attached hydrogen (secondary N) is 1. The van der Waals surface area contributed by atoms with Gasteiger partial charge < -0.3 is 15.2 Å². The number of fused-ring (bicyclic) bond motifs is 1. The van der Waals surface area contributed by atoms with Crippen LogP contribution < -0.4 is 10.1 Å². The van der Waals surface area contributed by atoms with Gasteiger partial charge >= 0.3 is 0 Å². The molecule has 76 valence electrons. The Kier molecular flexibility index (Phi) is 2.29. The molecule has 0 aromatic heterocycles. The van der Waals surface area contributed by atoms with E-state index in [1.807, 2.05) is 0 Å². The van der Waals surface area contributed by atoms with Gasteiger partial charge in [-0.05, 0) is 11.6 Å². The Bertz CT molecular complexity index is 354. The topological polar surface area (TPSA) is 41.5 Å². The van der Waals surface area contributed by atoms with Gasteiger partial charge in [0.2, 0.25) is 0 Å². The van der Waals surface area contributed by atoms with Crippen LogP contribution in [0.25, 0.3) is 0 Å². The second-order valence-electron chi connectivity index (χ2n) is 3.38. The fourth-order valence-corrected chi connectivity index (χ4v) is 1.70. The summed E-state index contributed by atoms with van der Waals surface area (Å²) in [5.41, 5.74) is 1.56. The van der Waals surface area contributed by atoms with Gasteiger partial charge in [0.1, 0.15) is 11.6 Å². The van der Waals surface area contributed by atoms with Crippen LogP contribution in [0.15, 0.2) is 12.1 Å². The van der Waals surface area contributed by atoms with Crippen LogP contribution in [0.3, 0.4) is 0 Å². The fraction of sp³-hybridized carbons (Fsp3) is 0.400. The summed E-state index contributed by atoms with van der Waals surface area (Å²) in [4.78, 5) is 0. The standard InChI is InChI=1S/C10H12FNO2/c1-14-9-4-7(11)2-6-3-8(13)5-12-10(6)9/h2,4,8,12-13H,3,5H2,1H3. The van der Waals surface area contributed by atoms with E-state index in [1.165, 1.54) is 19.2 Å². The highest BCUT2D eigenvalue weighted by Crippen LogP contribution is 2.32. The maximum absolute atomic E-state index is 13.1. The second kappa shape index (κ2) is 3.46. The van der Waals surface area contributed by atoms with E-state index >= 15 is 0 Å². The van der Waals surface area contributed by atoms with E-state index in [-0.39, 0.29) is 5.82 Å². The lowest BCUT2D eigenvalue weighted by molar-refractivity contribution is 0.184. The van der Waals surface area contributed by atoms with Crippen molar-refractivity contribution in [1.29, 1.82) is 0 Å². The largest absolute Gasteiger partial charge is 0.494 e. The van der Waals surface area contributed by atoms with Crippen LogP contribution in [0.1, 0.15) is 5.56 Å². The number of aliphatic hydroxyl groups excluding tert-OH is 1. The number of β-amino-alcohol motifs (C(OH)–C–C–N with tert-alkyl or cyclic N) is 1. The van der Waals surface area contributed by atoms with Crippen LogP contribution in [0, 0.1) is 5.82 Å². The van der Waals surface area contributed by atoms with E-state index in [1.54, 1.807) is 0 Å². The number of halogens is 1. The molecule has 0 fully saturated rings. The molecule has 1 heterocycles. The van der Waals surface area contributed by atoms with Crippen molar-refractivity contribution in [3.05, 3.63) is 23.5 Å². The molecule has 0 radical (unpaired) electrons. The molecule has 1 aliphatic rings. The third kappa shape index (κ3) is 1.53. The zero-order chi connectivity index (χ0) is 10.1. The van der Waals surface area contributed by atoms with Gasteiger partial charge in [0.15, 0.2) is 0 Å². The number of ether oxygens (including phenoxy) is 1. The summed E-state index contributed by atoms with van der Waals surface area (Å²) in [5, 5.41) is 12.4. The molecule has 2 rings (SSSR count). The summed E-state index contributed by atoms with van der Waals surface area (Å²) >= 11 is 0. The smallest absolute Gasteiger partial charge is 0.145 e. The van der Waals surface area contributed by atoms with Crippen molar-refractivity contribution < 1.29 is 14.2 Å². The molecule has 1 aromatic rings. The summed E-state index contributed by atoms with van der Waals surface area (Å²) < 4.78 is 18.1. The Morgan fingerprint density at radius 3 is 3.07 bits per heavy atom. The zero-order valence-corrected chi connectivity index (χ0v) is 7.88. The van der Waals surface area contributed by atoms with Crippen molar-refractivity contribution in [2.45, 2.75) is 12.5 Å². The molecule has 0 bridgehead atoms. The first-order valence-corrected chi connectivity index (χ1v) is 4.49. The van der Waals surface area contributed by atoms with Crippen LogP contribution in [0.4, 0.5) is 10.1 Å². The van der Waals surface area contributed by atoms with E-state index in [2.05, 4.69) is 5.32 Å². The molecule has 3 nitrogen and oxygen atoms in total. The third-order valence-electron chi connectivity index (χ3n) is 2.34. The molecule has 0 saturated carbocycles. The van der Waals surface area contributed by atoms with Gasteiger partial charge in [-0.1, -0.05) is 0 Å². The highest BCUT2D eigenvalue weighted by Gasteiger charge is 2.20.